The number of ether oxygens (including phenoxy) is 2. The smallest absolute Gasteiger partial charge is 0.330 e. The van der Waals surface area contributed by atoms with Crippen molar-refractivity contribution in [1.29, 1.82) is 0 Å². The van der Waals surface area contributed by atoms with Gasteiger partial charge in [0.1, 0.15) is 5.60 Å². The monoisotopic (exact) mass is 226 g/mol. The number of hydrogen-bond acceptors (Lipinski definition) is 3. The Kier molecular flexibility index (Phi) is 4.54. The molecule has 0 aromatic carbocycles. The predicted molar refractivity (Wildman–Crippen MR) is 63.1 cm³/mol. The van der Waals surface area contributed by atoms with Crippen LogP contribution in [0.15, 0.2) is 12.7 Å². The molecule has 0 aromatic heterocycles. The van der Waals surface area contributed by atoms with Gasteiger partial charge < -0.3 is 9.47 Å². The van der Waals surface area contributed by atoms with E-state index in [1.165, 1.54) is 6.08 Å². The van der Waals surface area contributed by atoms with Gasteiger partial charge in [-0.05, 0) is 25.2 Å². The molecule has 0 heterocycles. The minimum Gasteiger partial charge on any atom is -0.453 e. The Bertz CT molecular complexity index is 260. The molecule has 1 rings (SSSR count). The molecule has 2 atom stereocenters. The van der Waals surface area contributed by atoms with Gasteiger partial charge in [0.05, 0.1) is 6.10 Å². The van der Waals surface area contributed by atoms with Crippen LogP contribution in [0.5, 0.6) is 0 Å². The van der Waals surface area contributed by atoms with Gasteiger partial charge in [-0.2, -0.15) is 0 Å². The van der Waals surface area contributed by atoms with Gasteiger partial charge in [-0.15, -0.1) is 0 Å². The molecule has 1 aliphatic rings. The van der Waals surface area contributed by atoms with Crippen LogP contribution in [0.2, 0.25) is 0 Å². The molecule has 16 heavy (non-hydrogen) atoms. The van der Waals surface area contributed by atoms with Crippen LogP contribution in [0.3, 0.4) is 0 Å². The Labute approximate surface area is 97.8 Å². The number of carbonyl (C=O) groups excluding carboxylic acids is 1. The van der Waals surface area contributed by atoms with Gasteiger partial charge in [0.15, 0.2) is 0 Å². The summed E-state index contributed by atoms with van der Waals surface area (Å²) in [6.45, 7) is 7.61. The SMILES string of the molecule is C=CC(=O)OC1(C(C)C)CCCCC1OC. The van der Waals surface area contributed by atoms with Crippen LogP contribution in [0.4, 0.5) is 0 Å². The van der Waals surface area contributed by atoms with E-state index in [1.807, 2.05) is 0 Å². The van der Waals surface area contributed by atoms with E-state index in [0.717, 1.165) is 25.7 Å². The van der Waals surface area contributed by atoms with E-state index in [0.29, 0.717) is 0 Å². The fourth-order valence-corrected chi connectivity index (χ4v) is 2.58. The molecule has 0 radical (unpaired) electrons. The van der Waals surface area contributed by atoms with Gasteiger partial charge in [0, 0.05) is 13.2 Å². The zero-order valence-corrected chi connectivity index (χ0v) is 10.5. The number of rotatable bonds is 4. The van der Waals surface area contributed by atoms with Crippen LogP contribution in [-0.2, 0) is 14.3 Å². The molecule has 0 saturated heterocycles. The van der Waals surface area contributed by atoms with Crippen molar-refractivity contribution in [1.82, 2.24) is 0 Å². The fourth-order valence-electron chi connectivity index (χ4n) is 2.58. The van der Waals surface area contributed by atoms with Crippen LogP contribution < -0.4 is 0 Å². The van der Waals surface area contributed by atoms with Crippen molar-refractivity contribution in [3.63, 3.8) is 0 Å². The molecule has 2 unspecified atom stereocenters. The highest BCUT2D eigenvalue weighted by molar-refractivity contribution is 5.81. The van der Waals surface area contributed by atoms with Crippen molar-refractivity contribution in [3.8, 4) is 0 Å². The molecule has 1 fully saturated rings. The van der Waals surface area contributed by atoms with Gasteiger partial charge in [0.25, 0.3) is 0 Å². The highest BCUT2D eigenvalue weighted by atomic mass is 16.6. The van der Waals surface area contributed by atoms with Crippen LogP contribution in [0, 0.1) is 5.92 Å². The standard InChI is InChI=1S/C13H22O3/c1-5-12(14)16-13(10(2)3)9-7-6-8-11(13)15-4/h5,10-11H,1,6-9H2,2-4H3. The first-order valence-corrected chi connectivity index (χ1v) is 5.95. The van der Waals surface area contributed by atoms with E-state index < -0.39 is 5.60 Å². The summed E-state index contributed by atoms with van der Waals surface area (Å²) < 4.78 is 11.1. The third-order valence-corrected chi connectivity index (χ3v) is 3.55. The number of carbonyl (C=O) groups is 1. The third-order valence-electron chi connectivity index (χ3n) is 3.55. The minimum absolute atomic E-state index is 0.00477. The molecule has 0 aromatic rings. The zero-order valence-electron chi connectivity index (χ0n) is 10.5. The summed E-state index contributed by atoms with van der Waals surface area (Å²) in [6, 6.07) is 0. The first-order valence-electron chi connectivity index (χ1n) is 5.95. The average molecular weight is 226 g/mol. The molecule has 0 amide bonds. The van der Waals surface area contributed by atoms with E-state index in [1.54, 1.807) is 7.11 Å². The van der Waals surface area contributed by atoms with Crippen LogP contribution in [0.1, 0.15) is 39.5 Å². The molecule has 1 aliphatic carbocycles. The number of methoxy groups -OCH3 is 1. The van der Waals surface area contributed by atoms with E-state index in [-0.39, 0.29) is 18.0 Å². The normalized spacial score (nSPS) is 30.1. The Morgan fingerprint density at radius 1 is 1.50 bits per heavy atom. The van der Waals surface area contributed by atoms with Crippen molar-refractivity contribution in [3.05, 3.63) is 12.7 Å². The highest BCUT2D eigenvalue weighted by Crippen LogP contribution is 2.39. The van der Waals surface area contributed by atoms with E-state index in [2.05, 4.69) is 20.4 Å². The lowest BCUT2D eigenvalue weighted by molar-refractivity contribution is -0.190. The van der Waals surface area contributed by atoms with Crippen molar-refractivity contribution in [2.24, 2.45) is 5.92 Å². The third kappa shape index (κ3) is 2.46. The first kappa shape index (κ1) is 13.2. The molecule has 0 N–H and O–H groups in total. The molecule has 0 aliphatic heterocycles. The van der Waals surface area contributed by atoms with Gasteiger partial charge in [0.2, 0.25) is 0 Å². The van der Waals surface area contributed by atoms with Crippen molar-refractivity contribution in [2.45, 2.75) is 51.2 Å². The highest BCUT2D eigenvalue weighted by Gasteiger charge is 2.46. The second-order valence-electron chi connectivity index (χ2n) is 4.71. The van der Waals surface area contributed by atoms with Crippen molar-refractivity contribution >= 4 is 5.97 Å². The van der Waals surface area contributed by atoms with Crippen LogP contribution >= 0.6 is 0 Å². The van der Waals surface area contributed by atoms with E-state index in [9.17, 15) is 4.79 Å². The Balaban J connectivity index is 2.91. The topological polar surface area (TPSA) is 35.5 Å². The maximum atomic E-state index is 11.5. The first-order chi connectivity index (χ1) is 7.56. The summed E-state index contributed by atoms with van der Waals surface area (Å²) in [5.74, 6) is -0.0979. The fraction of sp³-hybridized carbons (Fsp3) is 0.769. The van der Waals surface area contributed by atoms with E-state index >= 15 is 0 Å². The average Bonchev–Trinajstić information content (AvgIpc) is 2.29. The minimum atomic E-state index is -0.474. The lowest BCUT2D eigenvalue weighted by Gasteiger charge is -2.45. The summed E-state index contributed by atoms with van der Waals surface area (Å²) in [7, 11) is 1.69. The Hall–Kier alpha value is -0.830. The second kappa shape index (κ2) is 5.48. The molecule has 3 heteroatoms. The summed E-state index contributed by atoms with van der Waals surface area (Å²) >= 11 is 0. The lowest BCUT2D eigenvalue weighted by Crippen LogP contribution is -2.53. The van der Waals surface area contributed by atoms with E-state index in [4.69, 9.17) is 9.47 Å². The molecule has 0 bridgehead atoms. The molecular weight excluding hydrogens is 204 g/mol. The summed E-state index contributed by atoms with van der Waals surface area (Å²) in [6.07, 6.45) is 5.29. The molecule has 92 valence electrons. The number of esters is 1. The summed E-state index contributed by atoms with van der Waals surface area (Å²) in [5.41, 5.74) is -0.474. The maximum absolute atomic E-state index is 11.5. The summed E-state index contributed by atoms with van der Waals surface area (Å²) in [4.78, 5) is 11.5. The predicted octanol–water partition coefficient (Wildman–Crippen LogP) is 2.70. The van der Waals surface area contributed by atoms with Gasteiger partial charge in [-0.1, -0.05) is 26.8 Å². The molecular formula is C13H22O3. The van der Waals surface area contributed by atoms with Crippen LogP contribution in [-0.4, -0.2) is 24.8 Å². The van der Waals surface area contributed by atoms with Crippen LogP contribution in [0.25, 0.3) is 0 Å². The lowest BCUT2D eigenvalue weighted by atomic mass is 9.74. The van der Waals surface area contributed by atoms with Gasteiger partial charge in [-0.25, -0.2) is 4.79 Å². The Morgan fingerprint density at radius 3 is 2.69 bits per heavy atom. The molecule has 3 nitrogen and oxygen atoms in total. The quantitative estimate of drug-likeness (QED) is 0.546. The molecule has 1 saturated carbocycles. The van der Waals surface area contributed by atoms with Gasteiger partial charge in [-0.3, -0.25) is 0 Å². The van der Waals surface area contributed by atoms with Crippen molar-refractivity contribution in [2.75, 3.05) is 7.11 Å². The number of hydrogen-bond donors (Lipinski definition) is 0. The largest absolute Gasteiger partial charge is 0.453 e. The maximum Gasteiger partial charge on any atom is 0.330 e. The summed E-state index contributed by atoms with van der Waals surface area (Å²) in [5, 5.41) is 0. The van der Waals surface area contributed by atoms with Gasteiger partial charge >= 0.3 is 5.97 Å². The molecule has 0 spiro atoms. The Morgan fingerprint density at radius 2 is 2.19 bits per heavy atom. The zero-order chi connectivity index (χ0) is 12.2. The second-order valence-corrected chi connectivity index (χ2v) is 4.71. The van der Waals surface area contributed by atoms with Crippen molar-refractivity contribution < 1.29 is 14.3 Å².